The molecule has 0 aliphatic heterocycles. The van der Waals surface area contributed by atoms with Crippen molar-refractivity contribution in [3.63, 3.8) is 0 Å². The number of aliphatic hydroxyl groups is 1. The summed E-state index contributed by atoms with van der Waals surface area (Å²) in [5, 5.41) is 9.01. The van der Waals surface area contributed by atoms with E-state index in [1.54, 1.807) is 0 Å². The van der Waals surface area contributed by atoms with Gasteiger partial charge in [-0.1, -0.05) is 93.4 Å². The number of hydrogen-bond donors (Lipinski definition) is 1. The molecule has 0 radical (unpaired) electrons. The zero-order valence-corrected chi connectivity index (χ0v) is 18.0. The first-order valence-corrected chi connectivity index (χ1v) is 11.2. The van der Waals surface area contributed by atoms with Gasteiger partial charge >= 0.3 is 0 Å². The third-order valence-electron chi connectivity index (χ3n) is 5.73. The molecule has 0 saturated heterocycles. The van der Waals surface area contributed by atoms with Crippen LogP contribution in [0.4, 0.5) is 0 Å². The van der Waals surface area contributed by atoms with E-state index in [4.69, 9.17) is 5.11 Å². The van der Waals surface area contributed by atoms with Crippen molar-refractivity contribution in [2.45, 2.75) is 58.8 Å². The maximum atomic E-state index is 9.01. The van der Waals surface area contributed by atoms with Gasteiger partial charge in [0, 0.05) is 6.61 Å². The Kier molecular flexibility index (Phi) is 8.07. The van der Waals surface area contributed by atoms with Crippen molar-refractivity contribution in [3.8, 4) is 22.3 Å². The standard InChI is InChI=1S/C28H34O/c1-3-5-6-8-22-10-14-25(15-11-22)27-18-19-28(24(4-2)21-27)26-16-12-23(13-17-26)9-7-20-29/h10-19,21,29H,3-9,20H2,1-2H3. The predicted molar refractivity (Wildman–Crippen MR) is 125 cm³/mol. The van der Waals surface area contributed by atoms with Gasteiger partial charge in [0.2, 0.25) is 0 Å². The van der Waals surface area contributed by atoms with Gasteiger partial charge in [0.05, 0.1) is 0 Å². The van der Waals surface area contributed by atoms with Crippen LogP contribution in [0.5, 0.6) is 0 Å². The van der Waals surface area contributed by atoms with E-state index in [1.165, 1.54) is 64.6 Å². The molecule has 152 valence electrons. The van der Waals surface area contributed by atoms with Gasteiger partial charge in [0.15, 0.2) is 0 Å². The summed E-state index contributed by atoms with van der Waals surface area (Å²) in [4.78, 5) is 0. The molecule has 0 saturated carbocycles. The SMILES string of the molecule is CCCCCc1ccc(-c2ccc(-c3ccc(CCCO)cc3)c(CC)c2)cc1. The molecule has 29 heavy (non-hydrogen) atoms. The van der Waals surface area contributed by atoms with E-state index in [1.807, 2.05) is 0 Å². The average molecular weight is 387 g/mol. The molecule has 1 N–H and O–H groups in total. The highest BCUT2D eigenvalue weighted by molar-refractivity contribution is 5.74. The number of aliphatic hydroxyl groups excluding tert-OH is 1. The highest BCUT2D eigenvalue weighted by Crippen LogP contribution is 2.30. The van der Waals surface area contributed by atoms with E-state index in [-0.39, 0.29) is 6.61 Å². The van der Waals surface area contributed by atoms with Gasteiger partial charge in [0.25, 0.3) is 0 Å². The second kappa shape index (κ2) is 11.0. The molecule has 0 heterocycles. The van der Waals surface area contributed by atoms with Crippen molar-refractivity contribution in [2.24, 2.45) is 0 Å². The van der Waals surface area contributed by atoms with Crippen molar-refractivity contribution in [1.29, 1.82) is 0 Å². The summed E-state index contributed by atoms with van der Waals surface area (Å²) in [5.74, 6) is 0. The molecule has 0 aliphatic rings. The van der Waals surface area contributed by atoms with Gasteiger partial charge in [-0.15, -0.1) is 0 Å². The summed E-state index contributed by atoms with van der Waals surface area (Å²) < 4.78 is 0. The van der Waals surface area contributed by atoms with Crippen LogP contribution in [-0.2, 0) is 19.3 Å². The molecule has 0 aliphatic carbocycles. The van der Waals surface area contributed by atoms with Gasteiger partial charge < -0.3 is 5.11 Å². The van der Waals surface area contributed by atoms with Crippen molar-refractivity contribution < 1.29 is 5.11 Å². The minimum absolute atomic E-state index is 0.253. The Morgan fingerprint density at radius 3 is 1.79 bits per heavy atom. The Hall–Kier alpha value is -2.38. The lowest BCUT2D eigenvalue weighted by atomic mass is 9.92. The van der Waals surface area contributed by atoms with Crippen molar-refractivity contribution in [2.75, 3.05) is 6.61 Å². The number of unbranched alkanes of at least 4 members (excludes halogenated alkanes) is 2. The monoisotopic (exact) mass is 386 g/mol. The summed E-state index contributed by atoms with van der Waals surface area (Å²) in [6.07, 6.45) is 7.83. The molecule has 3 aromatic carbocycles. The fourth-order valence-electron chi connectivity index (χ4n) is 3.92. The lowest BCUT2D eigenvalue weighted by Gasteiger charge is -2.12. The maximum Gasteiger partial charge on any atom is 0.0434 e. The molecule has 0 atom stereocenters. The van der Waals surface area contributed by atoms with E-state index in [9.17, 15) is 0 Å². The van der Waals surface area contributed by atoms with Crippen LogP contribution in [0.3, 0.4) is 0 Å². The van der Waals surface area contributed by atoms with Gasteiger partial charge in [-0.2, -0.15) is 0 Å². The van der Waals surface area contributed by atoms with Crippen LogP contribution in [0.2, 0.25) is 0 Å². The minimum atomic E-state index is 0.253. The molecule has 0 bridgehead atoms. The van der Waals surface area contributed by atoms with Crippen LogP contribution in [-0.4, -0.2) is 11.7 Å². The Labute approximate surface area is 176 Å². The zero-order valence-electron chi connectivity index (χ0n) is 18.0. The molecule has 1 heteroatoms. The van der Waals surface area contributed by atoms with E-state index >= 15 is 0 Å². The highest BCUT2D eigenvalue weighted by Gasteiger charge is 2.07. The van der Waals surface area contributed by atoms with Crippen molar-refractivity contribution in [1.82, 2.24) is 0 Å². The van der Waals surface area contributed by atoms with E-state index in [0.717, 1.165) is 19.3 Å². The molecule has 0 spiro atoms. The van der Waals surface area contributed by atoms with Crippen LogP contribution in [0.15, 0.2) is 66.7 Å². The minimum Gasteiger partial charge on any atom is -0.396 e. The second-order valence-electron chi connectivity index (χ2n) is 7.90. The molecule has 1 nitrogen and oxygen atoms in total. The molecule has 0 amide bonds. The first-order chi connectivity index (χ1) is 14.2. The smallest absolute Gasteiger partial charge is 0.0434 e. The van der Waals surface area contributed by atoms with Crippen LogP contribution < -0.4 is 0 Å². The van der Waals surface area contributed by atoms with Gasteiger partial charge in [0.1, 0.15) is 0 Å². The van der Waals surface area contributed by atoms with Gasteiger partial charge in [-0.25, -0.2) is 0 Å². The van der Waals surface area contributed by atoms with Crippen LogP contribution in [0, 0.1) is 0 Å². The molecule has 0 unspecified atom stereocenters. The lowest BCUT2D eigenvalue weighted by Crippen LogP contribution is -1.92. The number of benzene rings is 3. The third kappa shape index (κ3) is 5.81. The van der Waals surface area contributed by atoms with Crippen LogP contribution >= 0.6 is 0 Å². The van der Waals surface area contributed by atoms with Gasteiger partial charge in [-0.05, 0) is 71.0 Å². The topological polar surface area (TPSA) is 20.2 Å². The summed E-state index contributed by atoms with van der Waals surface area (Å²) in [6, 6.07) is 24.8. The predicted octanol–water partition coefficient (Wildman–Crippen LogP) is 7.24. The summed E-state index contributed by atoms with van der Waals surface area (Å²) in [7, 11) is 0. The first kappa shape index (κ1) is 21.3. The number of hydrogen-bond acceptors (Lipinski definition) is 1. The Bertz CT molecular complexity index is 875. The fraction of sp³-hybridized carbons (Fsp3) is 0.357. The third-order valence-corrected chi connectivity index (χ3v) is 5.73. The van der Waals surface area contributed by atoms with E-state index in [0.29, 0.717) is 0 Å². The van der Waals surface area contributed by atoms with Gasteiger partial charge in [-0.3, -0.25) is 0 Å². The summed E-state index contributed by atoms with van der Waals surface area (Å²) in [5.41, 5.74) is 9.30. The summed E-state index contributed by atoms with van der Waals surface area (Å²) in [6.45, 7) is 4.74. The van der Waals surface area contributed by atoms with Crippen LogP contribution in [0.1, 0.15) is 56.2 Å². The lowest BCUT2D eigenvalue weighted by molar-refractivity contribution is 0.288. The molecule has 0 aromatic heterocycles. The maximum absolute atomic E-state index is 9.01. The zero-order chi connectivity index (χ0) is 20.5. The number of aryl methyl sites for hydroxylation is 3. The largest absolute Gasteiger partial charge is 0.396 e. The Morgan fingerprint density at radius 1 is 0.621 bits per heavy atom. The molecule has 3 aromatic rings. The average Bonchev–Trinajstić information content (AvgIpc) is 2.78. The highest BCUT2D eigenvalue weighted by atomic mass is 16.2. The van der Waals surface area contributed by atoms with Crippen molar-refractivity contribution >= 4 is 0 Å². The molecule has 3 rings (SSSR count). The molecular formula is C28H34O. The first-order valence-electron chi connectivity index (χ1n) is 11.2. The van der Waals surface area contributed by atoms with E-state index in [2.05, 4.69) is 80.6 Å². The van der Waals surface area contributed by atoms with E-state index < -0.39 is 0 Å². The Balaban J connectivity index is 1.78. The molecule has 0 fully saturated rings. The Morgan fingerprint density at radius 2 is 1.21 bits per heavy atom. The van der Waals surface area contributed by atoms with Crippen LogP contribution in [0.25, 0.3) is 22.3 Å². The van der Waals surface area contributed by atoms with Crippen molar-refractivity contribution in [3.05, 3.63) is 83.4 Å². The normalized spacial score (nSPS) is 11.0. The molecular weight excluding hydrogens is 352 g/mol. The quantitative estimate of drug-likeness (QED) is 0.364. The second-order valence-corrected chi connectivity index (χ2v) is 7.90. The summed E-state index contributed by atoms with van der Waals surface area (Å²) >= 11 is 0. The fourth-order valence-corrected chi connectivity index (χ4v) is 3.92. The number of rotatable bonds is 10.